The van der Waals surface area contributed by atoms with Gasteiger partial charge in [0.05, 0.1) is 18.2 Å². The van der Waals surface area contributed by atoms with Crippen LogP contribution in [0.5, 0.6) is 0 Å². The SMILES string of the molecule is CCCN1CCC2(CC1)C[C@@H](Nc1ncccn1)CO2. The van der Waals surface area contributed by atoms with Crippen molar-refractivity contribution in [2.45, 2.75) is 44.2 Å². The number of nitrogens with zero attached hydrogens (tertiary/aromatic N) is 3. The zero-order valence-corrected chi connectivity index (χ0v) is 12.2. The Balaban J connectivity index is 1.52. The second kappa shape index (κ2) is 6.06. The van der Waals surface area contributed by atoms with E-state index in [1.54, 1.807) is 12.4 Å². The number of likely N-dealkylation sites (tertiary alicyclic amines) is 1. The fourth-order valence-corrected chi connectivity index (χ4v) is 3.34. The first kappa shape index (κ1) is 13.8. The highest BCUT2D eigenvalue weighted by atomic mass is 16.5. The number of hydrogen-bond donors (Lipinski definition) is 1. The Morgan fingerprint density at radius 2 is 2.10 bits per heavy atom. The van der Waals surface area contributed by atoms with Gasteiger partial charge >= 0.3 is 0 Å². The zero-order valence-electron chi connectivity index (χ0n) is 12.2. The Labute approximate surface area is 120 Å². The summed E-state index contributed by atoms with van der Waals surface area (Å²) in [6, 6.07) is 2.18. The molecular formula is C15H24N4O. The summed E-state index contributed by atoms with van der Waals surface area (Å²) < 4.78 is 6.15. The van der Waals surface area contributed by atoms with Crippen molar-refractivity contribution in [2.75, 3.05) is 31.6 Å². The van der Waals surface area contributed by atoms with Crippen LogP contribution in [0.1, 0.15) is 32.6 Å². The van der Waals surface area contributed by atoms with Crippen LogP contribution in [0.2, 0.25) is 0 Å². The first-order valence-corrected chi connectivity index (χ1v) is 7.69. The maximum Gasteiger partial charge on any atom is 0.222 e. The van der Waals surface area contributed by atoms with Crippen molar-refractivity contribution in [3.8, 4) is 0 Å². The van der Waals surface area contributed by atoms with Gasteiger partial charge in [-0.3, -0.25) is 0 Å². The van der Waals surface area contributed by atoms with Crippen LogP contribution in [0.4, 0.5) is 5.95 Å². The van der Waals surface area contributed by atoms with Crippen LogP contribution < -0.4 is 5.32 Å². The number of ether oxygens (including phenoxy) is 1. The minimum atomic E-state index is 0.0939. The fraction of sp³-hybridized carbons (Fsp3) is 0.733. The van der Waals surface area contributed by atoms with E-state index < -0.39 is 0 Å². The molecule has 1 spiro atoms. The van der Waals surface area contributed by atoms with Gasteiger partial charge < -0.3 is 15.0 Å². The van der Waals surface area contributed by atoms with E-state index in [4.69, 9.17) is 4.74 Å². The van der Waals surface area contributed by atoms with Gasteiger partial charge in [0.1, 0.15) is 0 Å². The third kappa shape index (κ3) is 3.10. The summed E-state index contributed by atoms with van der Waals surface area (Å²) in [5.74, 6) is 0.710. The lowest BCUT2D eigenvalue weighted by molar-refractivity contribution is -0.0432. The van der Waals surface area contributed by atoms with Crippen LogP contribution in [0.25, 0.3) is 0 Å². The molecular weight excluding hydrogens is 252 g/mol. The highest BCUT2D eigenvalue weighted by molar-refractivity contribution is 5.25. The Bertz CT molecular complexity index is 417. The lowest BCUT2D eigenvalue weighted by Crippen LogP contribution is -2.44. The van der Waals surface area contributed by atoms with Crippen LogP contribution in [0, 0.1) is 0 Å². The van der Waals surface area contributed by atoms with Crippen molar-refractivity contribution in [2.24, 2.45) is 0 Å². The summed E-state index contributed by atoms with van der Waals surface area (Å²) in [7, 11) is 0. The van der Waals surface area contributed by atoms with Crippen LogP contribution in [0.15, 0.2) is 18.5 Å². The number of hydrogen-bond acceptors (Lipinski definition) is 5. The number of nitrogens with one attached hydrogen (secondary N) is 1. The van der Waals surface area contributed by atoms with Crippen LogP contribution in [0.3, 0.4) is 0 Å². The second-order valence-corrected chi connectivity index (χ2v) is 5.95. The third-order valence-electron chi connectivity index (χ3n) is 4.42. The first-order valence-electron chi connectivity index (χ1n) is 7.69. The molecule has 0 amide bonds. The zero-order chi connectivity index (χ0) is 13.8. The summed E-state index contributed by atoms with van der Waals surface area (Å²) >= 11 is 0. The lowest BCUT2D eigenvalue weighted by atomic mass is 9.87. The van der Waals surface area contributed by atoms with Crippen LogP contribution in [-0.2, 0) is 4.74 Å². The smallest absolute Gasteiger partial charge is 0.222 e. The molecule has 1 aromatic heterocycles. The van der Waals surface area contributed by atoms with Gasteiger partial charge in [-0.05, 0) is 38.3 Å². The summed E-state index contributed by atoms with van der Waals surface area (Å²) in [5, 5.41) is 3.39. The average molecular weight is 276 g/mol. The summed E-state index contributed by atoms with van der Waals surface area (Å²) in [6.45, 7) is 6.57. The summed E-state index contributed by atoms with van der Waals surface area (Å²) in [4.78, 5) is 11.0. The first-order chi connectivity index (χ1) is 9.80. The molecule has 5 heteroatoms. The van der Waals surface area contributed by atoms with Crippen molar-refractivity contribution in [1.82, 2.24) is 14.9 Å². The van der Waals surface area contributed by atoms with Gasteiger partial charge in [-0.1, -0.05) is 6.92 Å². The minimum Gasteiger partial charge on any atom is -0.373 e. The molecule has 3 rings (SSSR count). The molecule has 0 unspecified atom stereocenters. The topological polar surface area (TPSA) is 50.3 Å². The van der Waals surface area contributed by atoms with E-state index in [0.717, 1.165) is 25.9 Å². The Kier molecular flexibility index (Phi) is 4.17. The van der Waals surface area contributed by atoms with Crippen molar-refractivity contribution in [3.63, 3.8) is 0 Å². The molecule has 0 saturated carbocycles. The molecule has 5 nitrogen and oxygen atoms in total. The Morgan fingerprint density at radius 1 is 1.35 bits per heavy atom. The average Bonchev–Trinajstić information content (AvgIpc) is 2.86. The second-order valence-electron chi connectivity index (χ2n) is 5.95. The van der Waals surface area contributed by atoms with E-state index in [1.807, 2.05) is 6.07 Å². The molecule has 0 aliphatic carbocycles. The number of rotatable bonds is 4. The molecule has 2 saturated heterocycles. The van der Waals surface area contributed by atoms with Gasteiger partial charge in [0.25, 0.3) is 0 Å². The normalized spacial score (nSPS) is 25.9. The Hall–Kier alpha value is -1.20. The van der Waals surface area contributed by atoms with E-state index in [9.17, 15) is 0 Å². The van der Waals surface area contributed by atoms with Crippen molar-refractivity contribution in [3.05, 3.63) is 18.5 Å². The largest absolute Gasteiger partial charge is 0.373 e. The molecule has 1 N–H and O–H groups in total. The monoisotopic (exact) mass is 276 g/mol. The Morgan fingerprint density at radius 3 is 2.80 bits per heavy atom. The summed E-state index contributed by atoms with van der Waals surface area (Å²) in [5.41, 5.74) is 0.0939. The minimum absolute atomic E-state index is 0.0939. The van der Waals surface area contributed by atoms with Crippen molar-refractivity contribution >= 4 is 5.95 Å². The lowest BCUT2D eigenvalue weighted by Gasteiger charge is -2.38. The number of anilines is 1. The standard InChI is InChI=1S/C15H24N4O/c1-2-8-19-9-4-15(5-10-19)11-13(12-20-15)18-14-16-6-3-7-17-14/h3,6-7,13H,2,4-5,8-12H2,1H3,(H,16,17,18)/t13-/m1/s1. The molecule has 0 aromatic carbocycles. The van der Waals surface area contributed by atoms with Crippen LogP contribution >= 0.6 is 0 Å². The van der Waals surface area contributed by atoms with Gasteiger partial charge in [-0.15, -0.1) is 0 Å². The predicted octanol–water partition coefficient (Wildman–Crippen LogP) is 1.92. The molecule has 3 heterocycles. The predicted molar refractivity (Wildman–Crippen MR) is 78.7 cm³/mol. The maximum absolute atomic E-state index is 6.15. The fourth-order valence-electron chi connectivity index (χ4n) is 3.34. The molecule has 2 aliphatic heterocycles. The molecule has 110 valence electrons. The van der Waals surface area contributed by atoms with Crippen molar-refractivity contribution < 1.29 is 4.74 Å². The molecule has 2 aliphatic rings. The number of aromatic nitrogens is 2. The third-order valence-corrected chi connectivity index (χ3v) is 4.42. The van der Waals surface area contributed by atoms with Crippen molar-refractivity contribution in [1.29, 1.82) is 0 Å². The van der Waals surface area contributed by atoms with E-state index in [0.29, 0.717) is 12.0 Å². The van der Waals surface area contributed by atoms with Crippen LogP contribution in [-0.4, -0.2) is 52.8 Å². The summed E-state index contributed by atoms with van der Waals surface area (Å²) in [6.07, 6.45) is 8.16. The van der Waals surface area contributed by atoms with E-state index in [-0.39, 0.29) is 5.60 Å². The van der Waals surface area contributed by atoms with Gasteiger partial charge in [-0.25, -0.2) is 9.97 Å². The van der Waals surface area contributed by atoms with Gasteiger partial charge in [0.2, 0.25) is 5.95 Å². The number of piperidine rings is 1. The van der Waals surface area contributed by atoms with E-state index in [2.05, 4.69) is 27.1 Å². The quantitative estimate of drug-likeness (QED) is 0.910. The van der Waals surface area contributed by atoms with Gasteiger partial charge in [0, 0.05) is 25.5 Å². The highest BCUT2D eigenvalue weighted by Crippen LogP contribution is 2.36. The molecule has 0 radical (unpaired) electrons. The molecule has 0 bridgehead atoms. The van der Waals surface area contributed by atoms with Gasteiger partial charge in [0.15, 0.2) is 0 Å². The molecule has 1 aromatic rings. The molecule has 1 atom stereocenters. The highest BCUT2D eigenvalue weighted by Gasteiger charge is 2.42. The molecule has 20 heavy (non-hydrogen) atoms. The van der Waals surface area contributed by atoms with E-state index >= 15 is 0 Å². The maximum atomic E-state index is 6.15. The van der Waals surface area contributed by atoms with E-state index in [1.165, 1.54) is 26.1 Å². The van der Waals surface area contributed by atoms with Gasteiger partial charge in [-0.2, -0.15) is 0 Å². The molecule has 2 fully saturated rings.